The lowest BCUT2D eigenvalue weighted by molar-refractivity contribution is 0.104. The molecule has 1 aromatic carbocycles. The molecule has 1 heterocycles. The van der Waals surface area contributed by atoms with E-state index in [9.17, 15) is 0 Å². The summed E-state index contributed by atoms with van der Waals surface area (Å²) in [6.07, 6.45) is 0. The van der Waals surface area contributed by atoms with Gasteiger partial charge >= 0.3 is 0 Å². The number of anilines is 2. The predicted octanol–water partition coefficient (Wildman–Crippen LogP) is 2.38. The first-order valence-corrected chi connectivity index (χ1v) is 6.39. The van der Waals surface area contributed by atoms with Gasteiger partial charge in [0.25, 0.3) is 0 Å². The van der Waals surface area contributed by atoms with Crippen LogP contribution in [-0.2, 0) is 4.74 Å². The van der Waals surface area contributed by atoms with Crippen LogP contribution in [-0.4, -0.2) is 26.3 Å². The summed E-state index contributed by atoms with van der Waals surface area (Å²) in [4.78, 5) is 2.42. The second-order valence-corrected chi connectivity index (χ2v) is 4.89. The van der Waals surface area contributed by atoms with Crippen molar-refractivity contribution in [2.75, 3.05) is 36.9 Å². The molecule has 0 saturated carbocycles. The molecule has 17 heavy (non-hydrogen) atoms. The van der Waals surface area contributed by atoms with E-state index in [1.807, 2.05) is 12.1 Å². The highest BCUT2D eigenvalue weighted by molar-refractivity contribution is 5.53. The van der Waals surface area contributed by atoms with Gasteiger partial charge in [0.1, 0.15) is 0 Å². The minimum absolute atomic E-state index is 0.646. The van der Waals surface area contributed by atoms with Crippen LogP contribution in [0.3, 0.4) is 0 Å². The van der Waals surface area contributed by atoms with Crippen molar-refractivity contribution in [3.63, 3.8) is 0 Å². The average Bonchev–Trinajstić information content (AvgIpc) is 2.69. The largest absolute Gasteiger partial charge is 0.399 e. The number of hydrogen-bond acceptors (Lipinski definition) is 3. The van der Waals surface area contributed by atoms with E-state index in [-0.39, 0.29) is 0 Å². The van der Waals surface area contributed by atoms with Crippen molar-refractivity contribution in [1.82, 2.24) is 0 Å². The summed E-state index contributed by atoms with van der Waals surface area (Å²) < 4.78 is 5.54. The summed E-state index contributed by atoms with van der Waals surface area (Å²) in [7, 11) is 0. The number of ether oxygens (including phenoxy) is 1. The Bertz CT molecular complexity index is 350. The third-order valence-corrected chi connectivity index (χ3v) is 3.56. The minimum atomic E-state index is 0.646. The quantitative estimate of drug-likeness (QED) is 0.813. The fourth-order valence-corrected chi connectivity index (χ4v) is 2.42. The van der Waals surface area contributed by atoms with Crippen LogP contribution in [0.1, 0.15) is 13.8 Å². The number of nitrogens with two attached hydrogens (primary N) is 1. The number of rotatable bonds is 4. The van der Waals surface area contributed by atoms with E-state index in [1.165, 1.54) is 5.69 Å². The van der Waals surface area contributed by atoms with Gasteiger partial charge in [-0.25, -0.2) is 0 Å². The van der Waals surface area contributed by atoms with Crippen molar-refractivity contribution < 1.29 is 4.74 Å². The Kier molecular flexibility index (Phi) is 3.89. The maximum absolute atomic E-state index is 5.71. The molecule has 94 valence electrons. The van der Waals surface area contributed by atoms with E-state index < -0.39 is 0 Å². The highest BCUT2D eigenvalue weighted by Gasteiger charge is 2.29. The highest BCUT2D eigenvalue weighted by atomic mass is 16.5. The molecule has 1 aliphatic rings. The van der Waals surface area contributed by atoms with Crippen molar-refractivity contribution in [3.05, 3.63) is 24.3 Å². The Balaban J connectivity index is 1.98. The summed E-state index contributed by atoms with van der Waals surface area (Å²) in [6, 6.07) is 8.14. The van der Waals surface area contributed by atoms with E-state index >= 15 is 0 Å². The van der Waals surface area contributed by atoms with Crippen molar-refractivity contribution in [1.29, 1.82) is 0 Å². The van der Waals surface area contributed by atoms with Gasteiger partial charge in [-0.15, -0.1) is 0 Å². The van der Waals surface area contributed by atoms with Gasteiger partial charge in [0.05, 0.1) is 6.61 Å². The van der Waals surface area contributed by atoms with Gasteiger partial charge in [-0.2, -0.15) is 0 Å². The third-order valence-electron chi connectivity index (χ3n) is 3.56. The zero-order chi connectivity index (χ0) is 12.3. The minimum Gasteiger partial charge on any atom is -0.399 e. The molecule has 0 unspecified atom stereocenters. The molecule has 2 rings (SSSR count). The van der Waals surface area contributed by atoms with Gasteiger partial charge in [-0.1, -0.05) is 6.92 Å². The van der Waals surface area contributed by atoms with Gasteiger partial charge in [-0.05, 0) is 37.1 Å². The van der Waals surface area contributed by atoms with Gasteiger partial charge in [0, 0.05) is 37.0 Å². The fourth-order valence-electron chi connectivity index (χ4n) is 2.42. The monoisotopic (exact) mass is 234 g/mol. The number of nitrogens with zero attached hydrogens (tertiary/aromatic N) is 1. The molecular weight excluding hydrogens is 212 g/mol. The SMILES string of the molecule is CCOC[C@@H]1CN(c2ccc(N)cc2)C[C@H]1C. The maximum atomic E-state index is 5.71. The summed E-state index contributed by atoms with van der Waals surface area (Å²) in [5.41, 5.74) is 7.80. The van der Waals surface area contributed by atoms with Crippen LogP contribution < -0.4 is 10.6 Å². The van der Waals surface area contributed by atoms with E-state index in [4.69, 9.17) is 10.5 Å². The smallest absolute Gasteiger partial charge is 0.0514 e. The van der Waals surface area contributed by atoms with Gasteiger partial charge in [0.15, 0.2) is 0 Å². The Morgan fingerprint density at radius 2 is 2.00 bits per heavy atom. The molecule has 0 aromatic heterocycles. The molecule has 3 heteroatoms. The van der Waals surface area contributed by atoms with Crippen LogP contribution in [0, 0.1) is 11.8 Å². The predicted molar refractivity (Wildman–Crippen MR) is 72.2 cm³/mol. The molecule has 1 saturated heterocycles. The Morgan fingerprint density at radius 3 is 2.65 bits per heavy atom. The summed E-state index contributed by atoms with van der Waals surface area (Å²) in [5, 5.41) is 0. The first kappa shape index (κ1) is 12.2. The van der Waals surface area contributed by atoms with Crippen LogP contribution in [0.25, 0.3) is 0 Å². The van der Waals surface area contributed by atoms with Gasteiger partial charge in [0.2, 0.25) is 0 Å². The molecule has 3 nitrogen and oxygen atoms in total. The first-order valence-electron chi connectivity index (χ1n) is 6.39. The van der Waals surface area contributed by atoms with E-state index in [0.29, 0.717) is 11.8 Å². The van der Waals surface area contributed by atoms with Crippen molar-refractivity contribution in [3.8, 4) is 0 Å². The summed E-state index contributed by atoms with van der Waals surface area (Å²) in [6.45, 7) is 8.25. The lowest BCUT2D eigenvalue weighted by Crippen LogP contribution is -2.21. The van der Waals surface area contributed by atoms with Crippen LogP contribution in [0.15, 0.2) is 24.3 Å². The molecular formula is C14H22N2O. The molecule has 0 aliphatic carbocycles. The zero-order valence-electron chi connectivity index (χ0n) is 10.7. The van der Waals surface area contributed by atoms with E-state index in [1.54, 1.807) is 0 Å². The number of benzene rings is 1. The Labute approximate surface area is 104 Å². The van der Waals surface area contributed by atoms with Crippen LogP contribution in [0.4, 0.5) is 11.4 Å². The molecule has 1 fully saturated rings. The number of hydrogen-bond donors (Lipinski definition) is 1. The summed E-state index contributed by atoms with van der Waals surface area (Å²) >= 11 is 0. The fraction of sp³-hybridized carbons (Fsp3) is 0.571. The van der Waals surface area contributed by atoms with Crippen LogP contribution in [0.2, 0.25) is 0 Å². The van der Waals surface area contributed by atoms with Crippen molar-refractivity contribution in [2.24, 2.45) is 11.8 Å². The van der Waals surface area contributed by atoms with Crippen molar-refractivity contribution >= 4 is 11.4 Å². The molecule has 2 N–H and O–H groups in total. The molecule has 0 radical (unpaired) electrons. The lowest BCUT2D eigenvalue weighted by atomic mass is 9.99. The van der Waals surface area contributed by atoms with Crippen molar-refractivity contribution in [2.45, 2.75) is 13.8 Å². The molecule has 1 aromatic rings. The van der Waals surface area contributed by atoms with Gasteiger partial charge < -0.3 is 15.4 Å². The van der Waals surface area contributed by atoms with E-state index in [2.05, 4.69) is 30.9 Å². The van der Waals surface area contributed by atoms with Crippen LogP contribution >= 0.6 is 0 Å². The average molecular weight is 234 g/mol. The second kappa shape index (κ2) is 5.41. The molecule has 1 aliphatic heterocycles. The highest BCUT2D eigenvalue weighted by Crippen LogP contribution is 2.28. The number of nitrogen functional groups attached to an aromatic ring is 1. The second-order valence-electron chi connectivity index (χ2n) is 4.89. The first-order chi connectivity index (χ1) is 8.20. The van der Waals surface area contributed by atoms with Gasteiger partial charge in [-0.3, -0.25) is 0 Å². The van der Waals surface area contributed by atoms with Crippen LogP contribution in [0.5, 0.6) is 0 Å². The standard InChI is InChI=1S/C14H22N2O/c1-3-17-10-12-9-16(8-11(12)2)14-6-4-13(15)5-7-14/h4-7,11-12H,3,8-10,15H2,1-2H3/t11-,12+/m1/s1. The Hall–Kier alpha value is -1.22. The maximum Gasteiger partial charge on any atom is 0.0514 e. The third kappa shape index (κ3) is 2.91. The Morgan fingerprint density at radius 1 is 1.29 bits per heavy atom. The molecule has 0 bridgehead atoms. The normalized spacial score (nSPS) is 24.2. The lowest BCUT2D eigenvalue weighted by Gasteiger charge is -2.18. The molecule has 0 amide bonds. The topological polar surface area (TPSA) is 38.5 Å². The molecule has 2 atom stereocenters. The summed E-state index contributed by atoms with van der Waals surface area (Å²) in [5.74, 6) is 1.34. The van der Waals surface area contributed by atoms with E-state index in [0.717, 1.165) is 32.0 Å². The zero-order valence-corrected chi connectivity index (χ0v) is 10.7. The molecule has 0 spiro atoms.